The summed E-state index contributed by atoms with van der Waals surface area (Å²) in [5, 5.41) is 3.64. The lowest BCUT2D eigenvalue weighted by Crippen LogP contribution is -2.34. The van der Waals surface area contributed by atoms with E-state index in [9.17, 15) is 9.59 Å². The molecule has 0 saturated carbocycles. The van der Waals surface area contributed by atoms with E-state index in [0.29, 0.717) is 24.5 Å². The molecule has 2 aromatic carbocycles. The summed E-state index contributed by atoms with van der Waals surface area (Å²) >= 11 is 5.97. The van der Waals surface area contributed by atoms with E-state index in [0.717, 1.165) is 22.4 Å². The topological polar surface area (TPSA) is 49.4 Å². The maximum Gasteiger partial charge on any atom is 0.227 e. The SMILES string of the molecule is Cc1ccc(N2CC(C(=O)NCCc3cccc(Cl)c3)CC2=O)c(C)c1. The van der Waals surface area contributed by atoms with Gasteiger partial charge < -0.3 is 10.2 Å². The molecule has 1 heterocycles. The van der Waals surface area contributed by atoms with E-state index in [-0.39, 0.29) is 24.2 Å². The largest absolute Gasteiger partial charge is 0.355 e. The van der Waals surface area contributed by atoms with Gasteiger partial charge >= 0.3 is 0 Å². The summed E-state index contributed by atoms with van der Waals surface area (Å²) in [5.74, 6) is -0.359. The standard InChI is InChI=1S/C21H23ClN2O2/c1-14-6-7-19(15(2)10-14)24-13-17(12-20(24)25)21(26)23-9-8-16-4-3-5-18(22)11-16/h3-7,10-11,17H,8-9,12-13H2,1-2H3,(H,23,26). The molecule has 2 amide bonds. The molecular formula is C21H23ClN2O2. The maximum atomic E-state index is 12.4. The van der Waals surface area contributed by atoms with Gasteiger partial charge in [0.1, 0.15) is 0 Å². The number of amides is 2. The van der Waals surface area contributed by atoms with Crippen LogP contribution >= 0.6 is 11.6 Å². The maximum absolute atomic E-state index is 12.4. The van der Waals surface area contributed by atoms with Gasteiger partial charge in [0.2, 0.25) is 11.8 Å². The molecule has 0 radical (unpaired) electrons. The molecule has 26 heavy (non-hydrogen) atoms. The number of carbonyl (C=O) groups excluding carboxylic acids is 2. The fraction of sp³-hybridized carbons (Fsp3) is 0.333. The molecular weight excluding hydrogens is 348 g/mol. The highest BCUT2D eigenvalue weighted by atomic mass is 35.5. The van der Waals surface area contributed by atoms with Gasteiger partial charge in [-0.25, -0.2) is 0 Å². The van der Waals surface area contributed by atoms with Crippen LogP contribution in [-0.2, 0) is 16.0 Å². The second kappa shape index (κ2) is 7.92. The lowest BCUT2D eigenvalue weighted by molar-refractivity contribution is -0.126. The predicted octanol–water partition coefficient (Wildman–Crippen LogP) is 3.67. The van der Waals surface area contributed by atoms with Crippen molar-refractivity contribution in [2.75, 3.05) is 18.0 Å². The number of carbonyl (C=O) groups is 2. The van der Waals surface area contributed by atoms with Crippen molar-refractivity contribution < 1.29 is 9.59 Å². The first kappa shape index (κ1) is 18.5. The molecule has 1 N–H and O–H groups in total. The van der Waals surface area contributed by atoms with Crippen molar-refractivity contribution >= 4 is 29.1 Å². The third-order valence-corrected chi connectivity index (χ3v) is 4.98. The molecule has 136 valence electrons. The molecule has 1 saturated heterocycles. The molecule has 1 aliphatic rings. The van der Waals surface area contributed by atoms with Gasteiger partial charge in [-0.15, -0.1) is 0 Å². The number of hydrogen-bond acceptors (Lipinski definition) is 2. The lowest BCUT2D eigenvalue weighted by atomic mass is 10.1. The van der Waals surface area contributed by atoms with Crippen molar-refractivity contribution in [3.05, 3.63) is 64.2 Å². The third kappa shape index (κ3) is 4.25. The molecule has 0 aliphatic carbocycles. The molecule has 3 rings (SSSR count). The van der Waals surface area contributed by atoms with E-state index in [1.54, 1.807) is 4.90 Å². The zero-order valence-corrected chi connectivity index (χ0v) is 15.8. The number of nitrogens with zero attached hydrogens (tertiary/aromatic N) is 1. The number of benzene rings is 2. The lowest BCUT2D eigenvalue weighted by Gasteiger charge is -2.19. The Hall–Kier alpha value is -2.33. The van der Waals surface area contributed by atoms with Crippen molar-refractivity contribution in [3.63, 3.8) is 0 Å². The van der Waals surface area contributed by atoms with Crippen LogP contribution < -0.4 is 10.2 Å². The average Bonchev–Trinajstić information content (AvgIpc) is 2.97. The van der Waals surface area contributed by atoms with E-state index in [1.165, 1.54) is 0 Å². The van der Waals surface area contributed by atoms with E-state index < -0.39 is 0 Å². The number of rotatable bonds is 5. The fourth-order valence-corrected chi connectivity index (χ4v) is 3.60. The first-order valence-electron chi connectivity index (χ1n) is 8.84. The highest BCUT2D eigenvalue weighted by molar-refractivity contribution is 6.30. The Balaban J connectivity index is 1.57. The zero-order valence-electron chi connectivity index (χ0n) is 15.1. The Morgan fingerprint density at radius 2 is 2.04 bits per heavy atom. The van der Waals surface area contributed by atoms with Gasteiger partial charge in [-0.1, -0.05) is 41.4 Å². The van der Waals surface area contributed by atoms with E-state index in [2.05, 4.69) is 11.4 Å². The summed E-state index contributed by atoms with van der Waals surface area (Å²) in [6.07, 6.45) is 0.976. The minimum absolute atomic E-state index is 0.00643. The summed E-state index contributed by atoms with van der Waals surface area (Å²) in [6, 6.07) is 13.6. The number of halogens is 1. The third-order valence-electron chi connectivity index (χ3n) is 4.74. The molecule has 4 nitrogen and oxygen atoms in total. The van der Waals surface area contributed by atoms with Crippen molar-refractivity contribution in [2.45, 2.75) is 26.7 Å². The van der Waals surface area contributed by atoms with Gasteiger partial charge in [0.25, 0.3) is 0 Å². The molecule has 0 spiro atoms. The summed E-state index contributed by atoms with van der Waals surface area (Å²) < 4.78 is 0. The zero-order chi connectivity index (χ0) is 18.7. The van der Waals surface area contributed by atoms with Gasteiger partial charge in [-0.2, -0.15) is 0 Å². The van der Waals surface area contributed by atoms with Crippen molar-refractivity contribution in [2.24, 2.45) is 5.92 Å². The van der Waals surface area contributed by atoms with Crippen molar-refractivity contribution in [3.8, 4) is 0 Å². The van der Waals surface area contributed by atoms with Crippen molar-refractivity contribution in [1.82, 2.24) is 5.32 Å². The molecule has 1 unspecified atom stereocenters. The molecule has 5 heteroatoms. The fourth-order valence-electron chi connectivity index (χ4n) is 3.39. The van der Waals surface area contributed by atoms with Gasteiger partial charge in [0.15, 0.2) is 0 Å². The minimum atomic E-state index is -0.303. The number of nitrogens with one attached hydrogen (secondary N) is 1. The smallest absolute Gasteiger partial charge is 0.227 e. The summed E-state index contributed by atoms with van der Waals surface area (Å²) in [4.78, 5) is 26.6. The highest BCUT2D eigenvalue weighted by Crippen LogP contribution is 2.28. The molecule has 1 atom stereocenters. The molecule has 1 fully saturated rings. The summed E-state index contributed by atoms with van der Waals surface area (Å²) in [5.41, 5.74) is 4.20. The molecule has 0 aromatic heterocycles. The Kier molecular flexibility index (Phi) is 5.62. The first-order valence-corrected chi connectivity index (χ1v) is 9.21. The average molecular weight is 371 g/mol. The minimum Gasteiger partial charge on any atom is -0.355 e. The van der Waals surface area contributed by atoms with Gasteiger partial charge in [-0.3, -0.25) is 9.59 Å². The van der Waals surface area contributed by atoms with Crippen LogP contribution in [0.1, 0.15) is 23.1 Å². The van der Waals surface area contributed by atoms with Crippen LogP contribution in [0.5, 0.6) is 0 Å². The van der Waals surface area contributed by atoms with Crippen molar-refractivity contribution in [1.29, 1.82) is 0 Å². The van der Waals surface area contributed by atoms with Crippen LogP contribution in [0.15, 0.2) is 42.5 Å². The normalized spacial score (nSPS) is 16.8. The van der Waals surface area contributed by atoms with Crippen LogP contribution in [0.3, 0.4) is 0 Å². The van der Waals surface area contributed by atoms with Crippen LogP contribution in [0.2, 0.25) is 5.02 Å². The highest BCUT2D eigenvalue weighted by Gasteiger charge is 2.35. The quantitative estimate of drug-likeness (QED) is 0.873. The Labute approximate surface area is 159 Å². The van der Waals surface area contributed by atoms with Crippen LogP contribution in [-0.4, -0.2) is 24.9 Å². The second-order valence-electron chi connectivity index (χ2n) is 6.87. The first-order chi connectivity index (χ1) is 12.4. The molecule has 0 bridgehead atoms. The molecule has 2 aromatic rings. The van der Waals surface area contributed by atoms with Crippen LogP contribution in [0, 0.1) is 19.8 Å². The van der Waals surface area contributed by atoms with Gasteiger partial charge in [-0.05, 0) is 49.6 Å². The van der Waals surface area contributed by atoms with E-state index in [4.69, 9.17) is 11.6 Å². The predicted molar refractivity (Wildman–Crippen MR) is 105 cm³/mol. The summed E-state index contributed by atoms with van der Waals surface area (Å²) in [6.45, 7) is 4.99. The number of aryl methyl sites for hydroxylation is 2. The van der Waals surface area contributed by atoms with Gasteiger partial charge in [0, 0.05) is 30.2 Å². The van der Waals surface area contributed by atoms with E-state index >= 15 is 0 Å². The van der Waals surface area contributed by atoms with E-state index in [1.807, 2.05) is 50.2 Å². The van der Waals surface area contributed by atoms with Gasteiger partial charge in [0.05, 0.1) is 5.92 Å². The second-order valence-corrected chi connectivity index (χ2v) is 7.30. The van der Waals surface area contributed by atoms with Crippen LogP contribution in [0.25, 0.3) is 0 Å². The Morgan fingerprint density at radius 3 is 2.77 bits per heavy atom. The monoisotopic (exact) mass is 370 g/mol. The number of anilines is 1. The molecule has 1 aliphatic heterocycles. The Morgan fingerprint density at radius 1 is 1.23 bits per heavy atom. The number of hydrogen-bond donors (Lipinski definition) is 1. The van der Waals surface area contributed by atoms with Crippen LogP contribution in [0.4, 0.5) is 5.69 Å². The summed E-state index contributed by atoms with van der Waals surface area (Å²) in [7, 11) is 0. The Bertz CT molecular complexity index is 835.